The normalized spacial score (nSPS) is 11.2. The number of aryl methyl sites for hydroxylation is 2. The Morgan fingerprint density at radius 3 is 2.89 bits per heavy atom. The fourth-order valence-corrected chi connectivity index (χ4v) is 1.61. The van der Waals surface area contributed by atoms with E-state index in [1.807, 2.05) is 0 Å². The Bertz CT molecular complexity index is 769. The zero-order valence-corrected chi connectivity index (χ0v) is 9.73. The molecule has 0 radical (unpaired) electrons. The second kappa shape index (κ2) is 3.72. The monoisotopic (exact) mass is 247 g/mol. The molecule has 0 aromatic carbocycles. The molecule has 0 fully saturated rings. The standard InChI is InChI=1S/C9H9N7O2/c1-5-11-12-7(18-5)4-16-9(17)6-3-10-15(2)8(6)13-14-16/h3H,4H2,1-2H3. The van der Waals surface area contributed by atoms with Crippen LogP contribution in [0.2, 0.25) is 0 Å². The highest BCUT2D eigenvalue weighted by molar-refractivity contribution is 5.72. The minimum atomic E-state index is -0.288. The average molecular weight is 247 g/mol. The van der Waals surface area contributed by atoms with Gasteiger partial charge in [-0.05, 0) is 0 Å². The van der Waals surface area contributed by atoms with Gasteiger partial charge in [-0.3, -0.25) is 4.79 Å². The first-order chi connectivity index (χ1) is 8.65. The summed E-state index contributed by atoms with van der Waals surface area (Å²) in [6.07, 6.45) is 1.46. The average Bonchev–Trinajstić information content (AvgIpc) is 2.91. The first kappa shape index (κ1) is 10.6. The molecule has 0 aliphatic heterocycles. The van der Waals surface area contributed by atoms with Crippen molar-refractivity contribution < 1.29 is 4.42 Å². The Labute approximate surface area is 100 Å². The number of hydrogen-bond donors (Lipinski definition) is 0. The summed E-state index contributed by atoms with van der Waals surface area (Å²) in [6.45, 7) is 1.77. The van der Waals surface area contributed by atoms with Crippen LogP contribution in [0.1, 0.15) is 11.8 Å². The zero-order chi connectivity index (χ0) is 12.7. The molecule has 3 aromatic heterocycles. The molecule has 3 heterocycles. The van der Waals surface area contributed by atoms with E-state index in [0.717, 1.165) is 4.68 Å². The molecule has 9 heteroatoms. The van der Waals surface area contributed by atoms with E-state index < -0.39 is 0 Å². The molecule has 18 heavy (non-hydrogen) atoms. The summed E-state index contributed by atoms with van der Waals surface area (Å²) in [5, 5.41) is 19.6. The van der Waals surface area contributed by atoms with Crippen molar-refractivity contribution in [2.75, 3.05) is 0 Å². The van der Waals surface area contributed by atoms with Crippen LogP contribution in [0.4, 0.5) is 0 Å². The lowest BCUT2D eigenvalue weighted by atomic mass is 10.4. The van der Waals surface area contributed by atoms with E-state index in [-0.39, 0.29) is 12.1 Å². The second-order valence-corrected chi connectivity index (χ2v) is 3.77. The van der Waals surface area contributed by atoms with E-state index in [0.29, 0.717) is 22.8 Å². The van der Waals surface area contributed by atoms with Crippen LogP contribution in [0, 0.1) is 6.92 Å². The number of aromatic nitrogens is 7. The molecule has 0 atom stereocenters. The van der Waals surface area contributed by atoms with Crippen molar-refractivity contribution >= 4 is 11.0 Å². The van der Waals surface area contributed by atoms with Crippen molar-refractivity contribution in [2.24, 2.45) is 7.05 Å². The molecule has 0 aliphatic carbocycles. The van der Waals surface area contributed by atoms with Crippen molar-refractivity contribution in [3.05, 3.63) is 28.3 Å². The van der Waals surface area contributed by atoms with Crippen LogP contribution >= 0.6 is 0 Å². The van der Waals surface area contributed by atoms with Crippen molar-refractivity contribution in [1.82, 2.24) is 35.0 Å². The van der Waals surface area contributed by atoms with E-state index in [1.165, 1.54) is 10.9 Å². The highest BCUT2D eigenvalue weighted by Gasteiger charge is 2.11. The molecular weight excluding hydrogens is 238 g/mol. The predicted molar refractivity (Wildman–Crippen MR) is 58.7 cm³/mol. The van der Waals surface area contributed by atoms with Crippen molar-refractivity contribution in [1.29, 1.82) is 0 Å². The van der Waals surface area contributed by atoms with Crippen LogP contribution in [-0.2, 0) is 13.6 Å². The van der Waals surface area contributed by atoms with Crippen molar-refractivity contribution in [3.63, 3.8) is 0 Å². The van der Waals surface area contributed by atoms with Crippen LogP contribution in [0.5, 0.6) is 0 Å². The van der Waals surface area contributed by atoms with Gasteiger partial charge in [0.15, 0.2) is 5.65 Å². The fourth-order valence-electron chi connectivity index (χ4n) is 1.61. The van der Waals surface area contributed by atoms with E-state index in [4.69, 9.17) is 4.42 Å². The first-order valence-corrected chi connectivity index (χ1v) is 5.19. The number of rotatable bonds is 2. The SMILES string of the molecule is Cc1nnc(Cn2nnc3c(cnn3C)c2=O)o1. The molecule has 0 aliphatic rings. The largest absolute Gasteiger partial charge is 0.424 e. The minimum Gasteiger partial charge on any atom is -0.424 e. The third-order valence-electron chi connectivity index (χ3n) is 2.47. The number of fused-ring (bicyclic) bond motifs is 1. The topological polar surface area (TPSA) is 105 Å². The van der Waals surface area contributed by atoms with Gasteiger partial charge in [0.05, 0.1) is 6.20 Å². The van der Waals surface area contributed by atoms with Gasteiger partial charge >= 0.3 is 0 Å². The first-order valence-electron chi connectivity index (χ1n) is 5.19. The van der Waals surface area contributed by atoms with Gasteiger partial charge in [0.2, 0.25) is 11.8 Å². The molecule has 92 valence electrons. The minimum absolute atomic E-state index is 0.0947. The zero-order valence-electron chi connectivity index (χ0n) is 9.73. The summed E-state index contributed by atoms with van der Waals surface area (Å²) >= 11 is 0. The van der Waals surface area contributed by atoms with Crippen LogP contribution in [0.3, 0.4) is 0 Å². The van der Waals surface area contributed by atoms with Gasteiger partial charge in [-0.2, -0.15) is 5.10 Å². The van der Waals surface area contributed by atoms with E-state index in [2.05, 4.69) is 25.6 Å². The maximum absolute atomic E-state index is 12.1. The van der Waals surface area contributed by atoms with Crippen molar-refractivity contribution in [3.8, 4) is 0 Å². The summed E-state index contributed by atoms with van der Waals surface area (Å²) in [7, 11) is 1.70. The molecular formula is C9H9N7O2. The maximum Gasteiger partial charge on any atom is 0.281 e. The Balaban J connectivity index is 2.07. The predicted octanol–water partition coefficient (Wildman–Crippen LogP) is -0.735. The lowest BCUT2D eigenvalue weighted by molar-refractivity contribution is 0.432. The van der Waals surface area contributed by atoms with Gasteiger partial charge in [-0.25, -0.2) is 9.36 Å². The van der Waals surface area contributed by atoms with Crippen molar-refractivity contribution in [2.45, 2.75) is 13.5 Å². The lowest BCUT2D eigenvalue weighted by Gasteiger charge is -1.99. The molecule has 0 N–H and O–H groups in total. The van der Waals surface area contributed by atoms with Gasteiger partial charge in [0, 0.05) is 14.0 Å². The molecule has 0 saturated heterocycles. The van der Waals surface area contributed by atoms with Crippen LogP contribution in [0.15, 0.2) is 15.4 Å². The van der Waals surface area contributed by atoms with E-state index in [1.54, 1.807) is 14.0 Å². The van der Waals surface area contributed by atoms with Gasteiger partial charge in [0.25, 0.3) is 5.56 Å². The highest BCUT2D eigenvalue weighted by atomic mass is 16.4. The molecule has 0 saturated carbocycles. The molecule has 3 aromatic rings. The summed E-state index contributed by atoms with van der Waals surface area (Å²) in [4.78, 5) is 12.1. The summed E-state index contributed by atoms with van der Waals surface area (Å²) in [5.41, 5.74) is 0.155. The molecule has 0 spiro atoms. The van der Waals surface area contributed by atoms with Crippen LogP contribution < -0.4 is 5.56 Å². The van der Waals surface area contributed by atoms with Gasteiger partial charge in [0.1, 0.15) is 11.9 Å². The molecule has 9 nitrogen and oxygen atoms in total. The maximum atomic E-state index is 12.1. The van der Waals surface area contributed by atoms with Gasteiger partial charge in [-0.1, -0.05) is 5.21 Å². The van der Waals surface area contributed by atoms with E-state index >= 15 is 0 Å². The second-order valence-electron chi connectivity index (χ2n) is 3.77. The molecule has 3 rings (SSSR count). The Hall–Kier alpha value is -2.58. The van der Waals surface area contributed by atoms with Gasteiger partial charge in [-0.15, -0.1) is 15.3 Å². The summed E-state index contributed by atoms with van der Waals surface area (Å²) in [6, 6.07) is 0. The smallest absolute Gasteiger partial charge is 0.281 e. The van der Waals surface area contributed by atoms with Crippen LogP contribution in [0.25, 0.3) is 11.0 Å². The molecule has 0 amide bonds. The van der Waals surface area contributed by atoms with E-state index in [9.17, 15) is 4.79 Å². The quantitative estimate of drug-likeness (QED) is 0.587. The number of hydrogen-bond acceptors (Lipinski definition) is 7. The highest BCUT2D eigenvalue weighted by Crippen LogP contribution is 2.03. The third-order valence-corrected chi connectivity index (χ3v) is 2.47. The summed E-state index contributed by atoms with van der Waals surface area (Å²) in [5.74, 6) is 0.751. The van der Waals surface area contributed by atoms with Gasteiger partial charge < -0.3 is 4.42 Å². The number of nitrogens with zero attached hydrogens (tertiary/aromatic N) is 7. The summed E-state index contributed by atoms with van der Waals surface area (Å²) < 4.78 is 7.84. The molecule has 0 bridgehead atoms. The molecule has 0 unspecified atom stereocenters. The fraction of sp³-hybridized carbons (Fsp3) is 0.333. The Morgan fingerprint density at radius 1 is 1.33 bits per heavy atom. The third kappa shape index (κ3) is 1.56. The Kier molecular flexibility index (Phi) is 2.18. The van der Waals surface area contributed by atoms with Crippen LogP contribution in [-0.4, -0.2) is 35.0 Å². The Morgan fingerprint density at radius 2 is 2.17 bits per heavy atom. The lowest BCUT2D eigenvalue weighted by Crippen LogP contribution is -2.24.